The number of carbonyl (C=O) groups excluding carboxylic acids is 1. The van der Waals surface area contributed by atoms with E-state index in [-0.39, 0.29) is 5.91 Å². The Bertz CT molecular complexity index is 305. The minimum Gasteiger partial charge on any atom is -0.487 e. The quantitative estimate of drug-likeness (QED) is 0.681. The van der Waals surface area contributed by atoms with Crippen molar-refractivity contribution in [2.24, 2.45) is 0 Å². The molecule has 1 aromatic heterocycles. The van der Waals surface area contributed by atoms with Gasteiger partial charge in [0.25, 0.3) is 5.91 Å². The zero-order valence-corrected chi connectivity index (χ0v) is 6.83. The maximum Gasteiger partial charge on any atom is 0.262 e. The number of nitrogens with one attached hydrogen (secondary N) is 1. The zero-order valence-electron chi connectivity index (χ0n) is 6.01. The van der Waals surface area contributed by atoms with E-state index in [0.717, 1.165) is 15.5 Å². The molecule has 0 spiro atoms. The Hall–Kier alpha value is -1.03. The van der Waals surface area contributed by atoms with Gasteiger partial charge >= 0.3 is 0 Å². The predicted octanol–water partition coefficient (Wildman–Crippen LogP) is 1.00. The van der Waals surface area contributed by atoms with E-state index in [0.29, 0.717) is 6.54 Å². The molecule has 0 radical (unpaired) electrons. The Kier molecular flexibility index (Phi) is 1.35. The van der Waals surface area contributed by atoms with Crippen LogP contribution in [0.4, 0.5) is 0 Å². The summed E-state index contributed by atoms with van der Waals surface area (Å²) in [7, 11) is 1.61. The molecule has 58 valence electrons. The number of ether oxygens (including phenoxy) is 1. The molecule has 0 saturated heterocycles. The number of amides is 1. The van der Waals surface area contributed by atoms with Gasteiger partial charge in [-0.1, -0.05) is 11.3 Å². The van der Waals surface area contributed by atoms with Crippen molar-refractivity contribution < 1.29 is 9.53 Å². The highest BCUT2D eigenvalue weighted by Gasteiger charge is 2.22. The molecule has 0 saturated carbocycles. The number of thiophene rings is 1. The number of rotatable bonds is 1. The van der Waals surface area contributed by atoms with Crippen LogP contribution in [0.15, 0.2) is 6.07 Å². The summed E-state index contributed by atoms with van der Waals surface area (Å²) < 4.78 is 5.00. The van der Waals surface area contributed by atoms with E-state index in [1.54, 1.807) is 7.11 Å². The van der Waals surface area contributed by atoms with Crippen molar-refractivity contribution in [3.05, 3.63) is 16.5 Å². The van der Waals surface area contributed by atoms with Crippen LogP contribution in [-0.2, 0) is 6.54 Å². The van der Waals surface area contributed by atoms with Crippen molar-refractivity contribution in [1.29, 1.82) is 0 Å². The monoisotopic (exact) mass is 169 g/mol. The molecule has 0 fully saturated rings. The maximum absolute atomic E-state index is 11.0. The second-order valence-corrected chi connectivity index (χ2v) is 3.32. The highest BCUT2D eigenvalue weighted by Crippen LogP contribution is 2.31. The molecule has 11 heavy (non-hydrogen) atoms. The third-order valence-electron chi connectivity index (χ3n) is 1.63. The normalized spacial score (nSPS) is 14.5. The van der Waals surface area contributed by atoms with Gasteiger partial charge in [-0.2, -0.15) is 0 Å². The van der Waals surface area contributed by atoms with Gasteiger partial charge in [0.05, 0.1) is 7.11 Å². The van der Waals surface area contributed by atoms with Crippen LogP contribution in [0.3, 0.4) is 0 Å². The molecule has 0 atom stereocenters. The molecule has 1 aliphatic heterocycles. The second-order valence-electron chi connectivity index (χ2n) is 2.31. The summed E-state index contributed by atoms with van der Waals surface area (Å²) in [6.07, 6.45) is 0. The van der Waals surface area contributed by atoms with Crippen LogP contribution in [0.25, 0.3) is 0 Å². The Morgan fingerprint density at radius 1 is 1.73 bits per heavy atom. The minimum absolute atomic E-state index is 0.0216. The highest BCUT2D eigenvalue weighted by molar-refractivity contribution is 7.16. The molecule has 1 amide bonds. The van der Waals surface area contributed by atoms with Crippen molar-refractivity contribution >= 4 is 17.2 Å². The van der Waals surface area contributed by atoms with Gasteiger partial charge in [-0.3, -0.25) is 4.79 Å². The molecule has 0 unspecified atom stereocenters. The molecule has 1 N–H and O–H groups in total. The number of carbonyl (C=O) groups is 1. The summed E-state index contributed by atoms with van der Waals surface area (Å²) in [6.45, 7) is 0.647. The lowest BCUT2D eigenvalue weighted by atomic mass is 10.3. The second kappa shape index (κ2) is 2.23. The fraction of sp³-hybridized carbons (Fsp3) is 0.286. The fourth-order valence-electron chi connectivity index (χ4n) is 1.08. The summed E-state index contributed by atoms with van der Waals surface area (Å²) >= 11 is 1.40. The van der Waals surface area contributed by atoms with Crippen molar-refractivity contribution in [3.63, 3.8) is 0 Å². The molecular formula is C7H7NO2S. The standard InChI is InChI=1S/C7H7NO2S/c1-10-5-2-4-3-8-7(9)6(4)11-5/h2H,3H2,1H3,(H,8,9). The van der Waals surface area contributed by atoms with Gasteiger partial charge in [-0.15, -0.1) is 0 Å². The van der Waals surface area contributed by atoms with Crippen LogP contribution < -0.4 is 10.1 Å². The van der Waals surface area contributed by atoms with Gasteiger partial charge in [0.1, 0.15) is 4.88 Å². The van der Waals surface area contributed by atoms with Crippen molar-refractivity contribution in [1.82, 2.24) is 5.32 Å². The van der Waals surface area contributed by atoms with Crippen molar-refractivity contribution in [2.75, 3.05) is 7.11 Å². The molecule has 4 heteroatoms. The van der Waals surface area contributed by atoms with E-state index in [1.807, 2.05) is 6.07 Å². The molecular weight excluding hydrogens is 162 g/mol. The maximum atomic E-state index is 11.0. The first-order chi connectivity index (χ1) is 5.31. The average Bonchev–Trinajstić information content (AvgIpc) is 2.53. The van der Waals surface area contributed by atoms with E-state index < -0.39 is 0 Å². The number of methoxy groups -OCH3 is 1. The number of hydrogen-bond donors (Lipinski definition) is 1. The van der Waals surface area contributed by atoms with Crippen LogP contribution in [-0.4, -0.2) is 13.0 Å². The lowest BCUT2D eigenvalue weighted by molar-refractivity contribution is 0.0969. The van der Waals surface area contributed by atoms with Gasteiger partial charge in [-0.25, -0.2) is 0 Å². The zero-order chi connectivity index (χ0) is 7.84. The van der Waals surface area contributed by atoms with Gasteiger partial charge < -0.3 is 10.1 Å². The van der Waals surface area contributed by atoms with E-state index >= 15 is 0 Å². The fourth-order valence-corrected chi connectivity index (χ4v) is 2.00. The molecule has 3 nitrogen and oxygen atoms in total. The van der Waals surface area contributed by atoms with Crippen LogP contribution in [0.1, 0.15) is 15.2 Å². The summed E-state index contributed by atoms with van der Waals surface area (Å²) in [5.74, 6) is 0.0216. The van der Waals surface area contributed by atoms with E-state index in [2.05, 4.69) is 5.32 Å². The lowest BCUT2D eigenvalue weighted by Gasteiger charge is -1.91. The van der Waals surface area contributed by atoms with E-state index in [9.17, 15) is 4.79 Å². The van der Waals surface area contributed by atoms with E-state index in [1.165, 1.54) is 11.3 Å². The molecule has 1 aliphatic rings. The van der Waals surface area contributed by atoms with Crippen molar-refractivity contribution in [2.45, 2.75) is 6.54 Å². The van der Waals surface area contributed by atoms with Gasteiger partial charge in [0.15, 0.2) is 5.06 Å². The van der Waals surface area contributed by atoms with Crippen LogP contribution in [0.2, 0.25) is 0 Å². The summed E-state index contributed by atoms with van der Waals surface area (Å²) in [6, 6.07) is 1.90. The molecule has 0 aromatic carbocycles. The van der Waals surface area contributed by atoms with Crippen LogP contribution >= 0.6 is 11.3 Å². The summed E-state index contributed by atoms with van der Waals surface area (Å²) in [4.78, 5) is 11.8. The topological polar surface area (TPSA) is 38.3 Å². The van der Waals surface area contributed by atoms with Gasteiger partial charge in [0, 0.05) is 6.54 Å². The first-order valence-corrected chi connectivity index (χ1v) is 4.08. The third-order valence-corrected chi connectivity index (χ3v) is 2.77. The number of fused-ring (bicyclic) bond motifs is 1. The van der Waals surface area contributed by atoms with Crippen LogP contribution in [0.5, 0.6) is 5.06 Å². The smallest absolute Gasteiger partial charge is 0.262 e. The first kappa shape index (κ1) is 6.67. The molecule has 0 aliphatic carbocycles. The Labute approximate surface area is 68.0 Å². The Morgan fingerprint density at radius 3 is 3.18 bits per heavy atom. The van der Waals surface area contributed by atoms with E-state index in [4.69, 9.17) is 4.74 Å². The van der Waals surface area contributed by atoms with Gasteiger partial charge in [0.2, 0.25) is 0 Å². The SMILES string of the molecule is COc1cc2c(s1)C(=O)NC2. The molecule has 2 heterocycles. The predicted molar refractivity (Wildman–Crippen MR) is 42.0 cm³/mol. The molecule has 2 rings (SSSR count). The molecule has 0 bridgehead atoms. The van der Waals surface area contributed by atoms with Crippen LogP contribution in [0, 0.1) is 0 Å². The third kappa shape index (κ3) is 0.903. The minimum atomic E-state index is 0.0216. The Morgan fingerprint density at radius 2 is 2.55 bits per heavy atom. The molecule has 1 aromatic rings. The highest BCUT2D eigenvalue weighted by atomic mass is 32.1. The Balaban J connectivity index is 2.46. The van der Waals surface area contributed by atoms with Gasteiger partial charge in [-0.05, 0) is 11.6 Å². The largest absolute Gasteiger partial charge is 0.487 e. The number of hydrogen-bond acceptors (Lipinski definition) is 3. The van der Waals surface area contributed by atoms with Crippen molar-refractivity contribution in [3.8, 4) is 5.06 Å². The lowest BCUT2D eigenvalue weighted by Crippen LogP contribution is -2.12. The summed E-state index contributed by atoms with van der Waals surface area (Å²) in [5, 5.41) is 3.54. The average molecular weight is 169 g/mol. The summed E-state index contributed by atoms with van der Waals surface area (Å²) in [5.41, 5.74) is 1.05. The first-order valence-electron chi connectivity index (χ1n) is 3.26.